The standard InChI is InChI=1S/C44H68O7/c1-26(45)50-35-15-17-40(7)31(38(35,3)4)13-19-42-21-28(9-11-33(40)42)30(23-42)37(47)49-25-44(48)24-43-20-14-32-39(5,6)36(51-27(2)46)16-18-41(32,8)34(43)12-10-29(44)22-43/h28-36,48H,9-25H2,1-8H3/t28-,29-,30-,31-,32-,33+,34+,35-,36-,40-,41-,42+,43+,44-/m1/s1. The summed E-state index contributed by atoms with van der Waals surface area (Å²) in [6.45, 7) is 17.6. The number of carbonyl (C=O) groups excluding carboxylic acids is 3. The van der Waals surface area contributed by atoms with Crippen molar-refractivity contribution in [3.05, 3.63) is 0 Å². The summed E-state index contributed by atoms with van der Waals surface area (Å²) in [4.78, 5) is 38.1. The molecule has 0 heterocycles. The number of rotatable bonds is 5. The highest BCUT2D eigenvalue weighted by molar-refractivity contribution is 5.73. The van der Waals surface area contributed by atoms with Gasteiger partial charge in [0.1, 0.15) is 24.4 Å². The van der Waals surface area contributed by atoms with Crippen molar-refractivity contribution in [1.82, 2.24) is 0 Å². The Hall–Kier alpha value is -1.63. The lowest BCUT2D eigenvalue weighted by atomic mass is 9.41. The minimum Gasteiger partial charge on any atom is -0.462 e. The molecule has 14 atom stereocenters. The van der Waals surface area contributed by atoms with Crippen molar-refractivity contribution in [2.45, 2.75) is 176 Å². The number of ether oxygens (including phenoxy) is 3. The van der Waals surface area contributed by atoms with Crippen LogP contribution in [0.2, 0.25) is 0 Å². The molecule has 8 aliphatic rings. The molecule has 286 valence electrons. The van der Waals surface area contributed by atoms with E-state index in [1.807, 2.05) is 0 Å². The average Bonchev–Trinajstić information content (AvgIpc) is 3.43. The van der Waals surface area contributed by atoms with Gasteiger partial charge in [0.25, 0.3) is 0 Å². The smallest absolute Gasteiger partial charge is 0.309 e. The lowest BCUT2D eigenvalue weighted by Crippen LogP contribution is -2.59. The van der Waals surface area contributed by atoms with Gasteiger partial charge in [-0.2, -0.15) is 0 Å². The number of hydrogen-bond acceptors (Lipinski definition) is 7. The summed E-state index contributed by atoms with van der Waals surface area (Å²) in [5.41, 5.74) is -0.415. The van der Waals surface area contributed by atoms with Crippen molar-refractivity contribution < 1.29 is 33.7 Å². The summed E-state index contributed by atoms with van der Waals surface area (Å²) in [5, 5.41) is 12.4. The van der Waals surface area contributed by atoms with Gasteiger partial charge < -0.3 is 19.3 Å². The van der Waals surface area contributed by atoms with E-state index in [1.54, 1.807) is 6.92 Å². The van der Waals surface area contributed by atoms with Gasteiger partial charge in [0, 0.05) is 24.7 Å². The molecule has 7 nitrogen and oxygen atoms in total. The highest BCUT2D eigenvalue weighted by atomic mass is 16.6. The van der Waals surface area contributed by atoms with Gasteiger partial charge in [0.2, 0.25) is 0 Å². The van der Waals surface area contributed by atoms with Crippen LogP contribution in [0.15, 0.2) is 0 Å². The predicted molar refractivity (Wildman–Crippen MR) is 194 cm³/mol. The third-order valence-corrected chi connectivity index (χ3v) is 18.8. The summed E-state index contributed by atoms with van der Waals surface area (Å²) < 4.78 is 18.1. The summed E-state index contributed by atoms with van der Waals surface area (Å²) >= 11 is 0. The number of fused-ring (bicyclic) bond motifs is 6. The van der Waals surface area contributed by atoms with Crippen LogP contribution >= 0.6 is 0 Å². The lowest BCUT2D eigenvalue weighted by molar-refractivity contribution is -0.197. The zero-order chi connectivity index (χ0) is 36.6. The van der Waals surface area contributed by atoms with Crippen molar-refractivity contribution in [2.24, 2.45) is 73.9 Å². The van der Waals surface area contributed by atoms with E-state index < -0.39 is 5.60 Å². The third kappa shape index (κ3) is 5.20. The van der Waals surface area contributed by atoms with Gasteiger partial charge in [0.05, 0.1) is 5.92 Å². The number of esters is 3. The van der Waals surface area contributed by atoms with E-state index in [4.69, 9.17) is 14.2 Å². The molecule has 0 amide bonds. The zero-order valence-electron chi connectivity index (χ0n) is 33.1. The maximum absolute atomic E-state index is 14.1. The predicted octanol–water partition coefficient (Wildman–Crippen LogP) is 8.83. The van der Waals surface area contributed by atoms with Crippen molar-refractivity contribution in [1.29, 1.82) is 0 Å². The first kappa shape index (κ1) is 36.4. The van der Waals surface area contributed by atoms with E-state index >= 15 is 0 Å². The van der Waals surface area contributed by atoms with E-state index in [2.05, 4.69) is 41.5 Å². The first-order chi connectivity index (χ1) is 23.8. The second kappa shape index (κ2) is 11.7. The third-order valence-electron chi connectivity index (χ3n) is 18.8. The fourth-order valence-corrected chi connectivity index (χ4v) is 17.0. The monoisotopic (exact) mass is 708 g/mol. The van der Waals surface area contributed by atoms with Crippen LogP contribution in [0.3, 0.4) is 0 Å². The van der Waals surface area contributed by atoms with E-state index in [0.717, 1.165) is 96.3 Å². The lowest BCUT2D eigenvalue weighted by Gasteiger charge is -2.65. The Balaban J connectivity index is 0.938. The second-order valence-electron chi connectivity index (χ2n) is 21.7. The molecule has 0 saturated heterocycles. The Kier molecular flexibility index (Phi) is 8.33. The molecule has 2 spiro atoms. The SMILES string of the molecule is CC(=O)O[C@@H]1CC[C@]2(C)[C@H](CC[C@@]34C[C@@H](CC[C@H]32)[C@H](C(=O)OC[C@]2(O)C[C@@]35CC[C@@H]6C(C)(C)[C@H](OC(C)=O)CC[C@@]6(C)[C@@H]3CC[C@@H]2C5)C4)C1(C)C. The van der Waals surface area contributed by atoms with Crippen LogP contribution in [0.5, 0.6) is 0 Å². The van der Waals surface area contributed by atoms with Crippen LogP contribution in [0.25, 0.3) is 0 Å². The zero-order valence-corrected chi connectivity index (χ0v) is 33.1. The van der Waals surface area contributed by atoms with Gasteiger partial charge in [-0.25, -0.2) is 0 Å². The van der Waals surface area contributed by atoms with Crippen molar-refractivity contribution in [3.8, 4) is 0 Å². The highest BCUT2D eigenvalue weighted by Gasteiger charge is 2.70. The van der Waals surface area contributed by atoms with E-state index in [0.29, 0.717) is 29.6 Å². The normalized spacial score (nSPS) is 51.6. The maximum atomic E-state index is 14.1. The van der Waals surface area contributed by atoms with Gasteiger partial charge >= 0.3 is 17.9 Å². The van der Waals surface area contributed by atoms with Crippen LogP contribution in [-0.2, 0) is 28.6 Å². The minimum absolute atomic E-state index is 0.0208. The van der Waals surface area contributed by atoms with Gasteiger partial charge in [-0.3, -0.25) is 14.4 Å². The van der Waals surface area contributed by atoms with Gasteiger partial charge in [-0.05, 0) is 160 Å². The van der Waals surface area contributed by atoms with Gasteiger partial charge in [-0.1, -0.05) is 41.5 Å². The maximum Gasteiger partial charge on any atom is 0.309 e. The quantitative estimate of drug-likeness (QED) is 0.225. The largest absolute Gasteiger partial charge is 0.462 e. The molecule has 8 fully saturated rings. The Morgan fingerprint density at radius 1 is 0.608 bits per heavy atom. The molecule has 0 aromatic carbocycles. The molecule has 0 radical (unpaired) electrons. The Labute approximate surface area is 307 Å². The molecule has 8 aliphatic carbocycles. The summed E-state index contributed by atoms with van der Waals surface area (Å²) in [5.74, 6) is 2.26. The molecule has 0 unspecified atom stereocenters. The van der Waals surface area contributed by atoms with Crippen LogP contribution in [-0.4, -0.2) is 47.4 Å². The molecule has 4 bridgehead atoms. The molecule has 8 rings (SSSR count). The molecule has 0 aromatic heterocycles. The number of aliphatic hydroxyl groups is 1. The van der Waals surface area contributed by atoms with Gasteiger partial charge in [-0.15, -0.1) is 0 Å². The van der Waals surface area contributed by atoms with Crippen molar-refractivity contribution in [3.63, 3.8) is 0 Å². The van der Waals surface area contributed by atoms with E-state index in [1.165, 1.54) is 13.3 Å². The molecule has 7 heteroatoms. The topological polar surface area (TPSA) is 99.1 Å². The van der Waals surface area contributed by atoms with E-state index in [-0.39, 0.29) is 81.0 Å². The minimum atomic E-state index is -0.940. The fourth-order valence-electron chi connectivity index (χ4n) is 17.0. The molecular weight excluding hydrogens is 640 g/mol. The molecular formula is C44H68O7. The van der Waals surface area contributed by atoms with Crippen molar-refractivity contribution >= 4 is 17.9 Å². The first-order valence-corrected chi connectivity index (χ1v) is 21.0. The van der Waals surface area contributed by atoms with E-state index in [9.17, 15) is 19.5 Å². The molecule has 1 N–H and O–H groups in total. The van der Waals surface area contributed by atoms with Crippen LogP contribution in [0, 0.1) is 73.9 Å². The average molecular weight is 709 g/mol. The van der Waals surface area contributed by atoms with Gasteiger partial charge in [0.15, 0.2) is 0 Å². The van der Waals surface area contributed by atoms with Crippen LogP contribution in [0.1, 0.15) is 158 Å². The Bertz CT molecular complexity index is 1450. The number of carbonyl (C=O) groups is 3. The summed E-state index contributed by atoms with van der Waals surface area (Å²) in [7, 11) is 0. The Morgan fingerprint density at radius 2 is 1.14 bits per heavy atom. The van der Waals surface area contributed by atoms with Crippen molar-refractivity contribution in [2.75, 3.05) is 6.61 Å². The number of hydrogen-bond donors (Lipinski definition) is 1. The summed E-state index contributed by atoms with van der Waals surface area (Å²) in [6.07, 6.45) is 16.7. The first-order valence-electron chi connectivity index (χ1n) is 21.0. The Morgan fingerprint density at radius 3 is 1.71 bits per heavy atom. The highest BCUT2D eigenvalue weighted by Crippen LogP contribution is 2.74. The summed E-state index contributed by atoms with van der Waals surface area (Å²) in [6, 6.07) is 0. The fraction of sp³-hybridized carbons (Fsp3) is 0.932. The van der Waals surface area contributed by atoms with Crippen LogP contribution in [0.4, 0.5) is 0 Å². The molecule has 0 aliphatic heterocycles. The molecule has 51 heavy (non-hydrogen) atoms. The molecule has 8 saturated carbocycles. The molecule has 0 aromatic rings. The second-order valence-corrected chi connectivity index (χ2v) is 21.7. The van der Waals surface area contributed by atoms with Crippen LogP contribution < -0.4 is 0 Å².